The lowest BCUT2D eigenvalue weighted by atomic mass is 10.1. The topological polar surface area (TPSA) is 126 Å². The molecule has 2 aromatic rings. The van der Waals surface area contributed by atoms with Gasteiger partial charge >= 0.3 is 6.03 Å². The molecule has 8 nitrogen and oxygen atoms in total. The van der Waals surface area contributed by atoms with E-state index in [2.05, 4.69) is 10.6 Å². The summed E-state index contributed by atoms with van der Waals surface area (Å²) >= 11 is 0. The van der Waals surface area contributed by atoms with Crippen molar-refractivity contribution >= 4 is 29.2 Å². The zero-order valence-electron chi connectivity index (χ0n) is 15.4. The molecule has 0 aromatic heterocycles. The summed E-state index contributed by atoms with van der Waals surface area (Å²) in [5.41, 5.74) is 2.05. The molecular weight excluding hydrogens is 370 g/mol. The molecule has 3 rings (SSSR count). The van der Waals surface area contributed by atoms with Gasteiger partial charge in [0.1, 0.15) is 6.04 Å². The molecule has 1 fully saturated rings. The summed E-state index contributed by atoms with van der Waals surface area (Å²) in [4.78, 5) is 38.1. The monoisotopic (exact) mass is 387 g/mol. The number of urea groups is 1. The second kappa shape index (κ2) is 8.68. The number of rotatable bonds is 6. The molecule has 29 heavy (non-hydrogen) atoms. The molecule has 0 aliphatic carbocycles. The minimum absolute atomic E-state index is 0.0266. The average Bonchev–Trinajstić information content (AvgIpc) is 3.01. The van der Waals surface area contributed by atoms with E-state index >= 15 is 0 Å². The van der Waals surface area contributed by atoms with E-state index in [9.17, 15) is 14.4 Å². The van der Waals surface area contributed by atoms with Gasteiger partial charge in [-0.2, -0.15) is 10.5 Å². The Bertz CT molecular complexity index is 1030. The Hall–Kier alpha value is -4.17. The lowest BCUT2D eigenvalue weighted by molar-refractivity contribution is -0.119. The van der Waals surface area contributed by atoms with Gasteiger partial charge < -0.3 is 10.6 Å². The lowest BCUT2D eigenvalue weighted by Crippen LogP contribution is -2.31. The van der Waals surface area contributed by atoms with Gasteiger partial charge in [-0.3, -0.25) is 9.59 Å². The van der Waals surface area contributed by atoms with Crippen LogP contribution >= 0.6 is 0 Å². The number of nitrogens with zero attached hydrogens (tertiary/aromatic N) is 3. The van der Waals surface area contributed by atoms with Crippen LogP contribution in [0.15, 0.2) is 48.5 Å². The van der Waals surface area contributed by atoms with Crippen molar-refractivity contribution in [2.75, 3.05) is 10.2 Å². The highest BCUT2D eigenvalue weighted by molar-refractivity contribution is 6.21. The van der Waals surface area contributed by atoms with Crippen molar-refractivity contribution in [2.24, 2.45) is 0 Å². The van der Waals surface area contributed by atoms with E-state index in [4.69, 9.17) is 10.5 Å². The molecule has 1 aliphatic heterocycles. The molecule has 1 aliphatic rings. The van der Waals surface area contributed by atoms with E-state index < -0.39 is 18.0 Å². The maximum atomic E-state index is 12.6. The van der Waals surface area contributed by atoms with Crippen molar-refractivity contribution in [3.05, 3.63) is 59.7 Å². The fourth-order valence-electron chi connectivity index (χ4n) is 3.03. The number of hydrogen-bond donors (Lipinski definition) is 2. The van der Waals surface area contributed by atoms with Gasteiger partial charge in [-0.05, 0) is 42.3 Å². The van der Waals surface area contributed by atoms with Crippen LogP contribution in [-0.4, -0.2) is 23.9 Å². The first-order valence-electron chi connectivity index (χ1n) is 8.93. The maximum Gasteiger partial charge on any atom is 0.329 e. The van der Waals surface area contributed by atoms with Gasteiger partial charge in [-0.1, -0.05) is 18.2 Å². The van der Waals surface area contributed by atoms with E-state index in [1.165, 1.54) is 24.3 Å². The normalized spacial score (nSPS) is 15.4. The first-order valence-corrected chi connectivity index (χ1v) is 8.93. The molecule has 2 aromatic carbocycles. The number of nitriles is 2. The summed E-state index contributed by atoms with van der Waals surface area (Å²) in [6.07, 6.45) is 0.343. The van der Waals surface area contributed by atoms with Gasteiger partial charge in [0.05, 0.1) is 29.8 Å². The quantitative estimate of drug-likeness (QED) is 0.736. The summed E-state index contributed by atoms with van der Waals surface area (Å²) in [6, 6.07) is 15.8. The second-order valence-corrected chi connectivity index (χ2v) is 6.41. The summed E-state index contributed by atoms with van der Waals surface area (Å²) < 4.78 is 0. The van der Waals surface area contributed by atoms with E-state index in [-0.39, 0.29) is 25.2 Å². The number of anilines is 2. The third kappa shape index (κ3) is 4.40. The van der Waals surface area contributed by atoms with Gasteiger partial charge in [0.2, 0.25) is 5.91 Å². The zero-order chi connectivity index (χ0) is 20.8. The molecule has 2 N–H and O–H groups in total. The van der Waals surface area contributed by atoms with Crippen molar-refractivity contribution in [1.82, 2.24) is 5.32 Å². The molecular formula is C21H17N5O3. The van der Waals surface area contributed by atoms with Crippen molar-refractivity contribution in [3.63, 3.8) is 0 Å². The zero-order valence-corrected chi connectivity index (χ0v) is 15.4. The number of para-hydroxylation sites is 1. The molecule has 1 saturated heterocycles. The summed E-state index contributed by atoms with van der Waals surface area (Å²) in [6.45, 7) is 0. The van der Waals surface area contributed by atoms with Crippen molar-refractivity contribution < 1.29 is 14.4 Å². The summed E-state index contributed by atoms with van der Waals surface area (Å²) in [5.74, 6) is -0.758. The van der Waals surface area contributed by atoms with Gasteiger partial charge in [0.25, 0.3) is 5.91 Å². The van der Waals surface area contributed by atoms with Crippen LogP contribution in [0.4, 0.5) is 16.2 Å². The number of hydrogen-bond acceptors (Lipinski definition) is 5. The van der Waals surface area contributed by atoms with Gasteiger partial charge in [-0.15, -0.1) is 0 Å². The molecule has 0 bridgehead atoms. The van der Waals surface area contributed by atoms with Crippen molar-refractivity contribution in [3.8, 4) is 12.1 Å². The number of amides is 4. The van der Waals surface area contributed by atoms with Crippen LogP contribution in [0.5, 0.6) is 0 Å². The molecule has 144 valence electrons. The largest absolute Gasteiger partial charge is 0.329 e. The number of benzene rings is 2. The van der Waals surface area contributed by atoms with Gasteiger partial charge in [-0.25, -0.2) is 9.69 Å². The Labute approximate surface area is 167 Å². The van der Waals surface area contributed by atoms with Crippen LogP contribution in [0.1, 0.15) is 24.0 Å². The van der Waals surface area contributed by atoms with Gasteiger partial charge in [0, 0.05) is 12.1 Å². The molecule has 0 spiro atoms. The minimum Gasteiger partial charge on any atom is -0.326 e. The highest BCUT2D eigenvalue weighted by atomic mass is 16.2. The predicted octanol–water partition coefficient (Wildman–Crippen LogP) is 2.47. The molecule has 1 atom stereocenters. The fraction of sp³-hybridized carbons (Fsp3) is 0.190. The van der Waals surface area contributed by atoms with Crippen LogP contribution in [0.2, 0.25) is 0 Å². The molecule has 4 amide bonds. The summed E-state index contributed by atoms with van der Waals surface area (Å²) in [7, 11) is 0. The van der Waals surface area contributed by atoms with E-state index in [1.54, 1.807) is 24.3 Å². The third-order valence-electron chi connectivity index (χ3n) is 4.49. The lowest BCUT2D eigenvalue weighted by Gasteiger charge is -2.13. The van der Waals surface area contributed by atoms with E-state index in [0.29, 0.717) is 22.5 Å². The SMILES string of the molecule is N#CCc1ccccc1NC(=O)CCC1NC(=O)N(c2ccc(C#N)cc2)C1=O. The van der Waals surface area contributed by atoms with Crippen LogP contribution < -0.4 is 15.5 Å². The fourth-order valence-corrected chi connectivity index (χ4v) is 3.03. The Kier molecular flexibility index (Phi) is 5.86. The van der Waals surface area contributed by atoms with Gasteiger partial charge in [0.15, 0.2) is 0 Å². The van der Waals surface area contributed by atoms with Crippen molar-refractivity contribution in [2.45, 2.75) is 25.3 Å². The first kappa shape index (κ1) is 19.6. The van der Waals surface area contributed by atoms with Crippen molar-refractivity contribution in [1.29, 1.82) is 10.5 Å². The molecule has 8 heteroatoms. The molecule has 0 radical (unpaired) electrons. The number of carbonyl (C=O) groups excluding carboxylic acids is 3. The summed E-state index contributed by atoms with van der Waals surface area (Å²) in [5, 5.41) is 23.0. The highest BCUT2D eigenvalue weighted by Crippen LogP contribution is 2.22. The van der Waals surface area contributed by atoms with Crippen LogP contribution in [-0.2, 0) is 16.0 Å². The Morgan fingerprint density at radius 1 is 1.10 bits per heavy atom. The minimum atomic E-state index is -0.807. The number of nitrogens with one attached hydrogen (secondary N) is 2. The molecule has 0 saturated carbocycles. The maximum absolute atomic E-state index is 12.6. The Morgan fingerprint density at radius 3 is 2.52 bits per heavy atom. The smallest absolute Gasteiger partial charge is 0.326 e. The first-order chi connectivity index (χ1) is 14.0. The number of carbonyl (C=O) groups is 3. The van der Waals surface area contributed by atoms with E-state index in [1.807, 2.05) is 12.1 Å². The predicted molar refractivity (Wildman–Crippen MR) is 105 cm³/mol. The Morgan fingerprint density at radius 2 is 1.83 bits per heavy atom. The standard InChI is InChI=1S/C21H17N5O3/c22-12-11-15-3-1-2-4-17(15)24-19(27)10-9-18-20(28)26(21(29)25-18)16-7-5-14(13-23)6-8-16/h1-8,18H,9-11H2,(H,24,27)(H,25,29). The average molecular weight is 387 g/mol. The van der Waals surface area contributed by atoms with Crippen LogP contribution in [0, 0.1) is 22.7 Å². The van der Waals surface area contributed by atoms with Crippen LogP contribution in [0.25, 0.3) is 0 Å². The highest BCUT2D eigenvalue weighted by Gasteiger charge is 2.38. The number of imide groups is 1. The Balaban J connectivity index is 1.61. The third-order valence-corrected chi connectivity index (χ3v) is 4.49. The molecule has 1 heterocycles. The molecule has 1 unspecified atom stereocenters. The van der Waals surface area contributed by atoms with Crippen LogP contribution in [0.3, 0.4) is 0 Å². The van der Waals surface area contributed by atoms with E-state index in [0.717, 1.165) is 4.90 Å². The second-order valence-electron chi connectivity index (χ2n) is 6.41.